The summed E-state index contributed by atoms with van der Waals surface area (Å²) in [5.41, 5.74) is 3.14. The largest absolute Gasteiger partial charge is 0.358 e. The molecule has 0 atom stereocenters. The molecule has 0 radical (unpaired) electrons. The van der Waals surface area contributed by atoms with Gasteiger partial charge in [0.25, 0.3) is 0 Å². The van der Waals surface area contributed by atoms with Crippen molar-refractivity contribution in [2.75, 3.05) is 0 Å². The molecule has 12 heavy (non-hydrogen) atoms. The van der Waals surface area contributed by atoms with E-state index in [0.717, 1.165) is 16.8 Å². The van der Waals surface area contributed by atoms with Crippen LogP contribution in [0.4, 0.5) is 0 Å². The summed E-state index contributed by atoms with van der Waals surface area (Å²) in [5, 5.41) is 1.18. The number of para-hydroxylation sites is 1. The van der Waals surface area contributed by atoms with Crippen molar-refractivity contribution in [3.05, 3.63) is 35.5 Å². The highest BCUT2D eigenvalue weighted by Gasteiger charge is 1.99. The van der Waals surface area contributed by atoms with E-state index in [0.29, 0.717) is 0 Å². The molecule has 0 bridgehead atoms. The van der Waals surface area contributed by atoms with Crippen LogP contribution in [0.1, 0.15) is 11.3 Å². The first-order valence-corrected chi connectivity index (χ1v) is 3.86. The van der Waals surface area contributed by atoms with E-state index < -0.39 is 0 Å². The molecule has 1 nitrogen and oxygen atoms in total. The molecule has 1 aromatic carbocycles. The zero-order valence-corrected chi connectivity index (χ0v) is 6.89. The van der Waals surface area contributed by atoms with Crippen molar-refractivity contribution < 1.29 is 0 Å². The number of benzene rings is 1. The smallest absolute Gasteiger partial charge is 0.0614 e. The number of nitrogens with one attached hydrogen (secondary N) is 1. The summed E-state index contributed by atoms with van der Waals surface area (Å²) in [5.74, 6) is 2.65. The van der Waals surface area contributed by atoms with Crippen molar-refractivity contribution in [3.8, 4) is 12.3 Å². The zero-order chi connectivity index (χ0) is 8.55. The highest BCUT2D eigenvalue weighted by molar-refractivity contribution is 5.85. The van der Waals surface area contributed by atoms with E-state index in [2.05, 4.69) is 23.0 Å². The summed E-state index contributed by atoms with van der Waals surface area (Å²) >= 11 is 0. The van der Waals surface area contributed by atoms with Gasteiger partial charge in [0, 0.05) is 16.6 Å². The molecule has 0 aliphatic carbocycles. The summed E-state index contributed by atoms with van der Waals surface area (Å²) < 4.78 is 0. The third kappa shape index (κ3) is 0.895. The molecular weight excluding hydrogens is 146 g/mol. The monoisotopic (exact) mass is 155 g/mol. The number of terminal acetylenes is 1. The van der Waals surface area contributed by atoms with Crippen molar-refractivity contribution in [1.29, 1.82) is 0 Å². The number of hydrogen-bond acceptors (Lipinski definition) is 0. The van der Waals surface area contributed by atoms with E-state index in [1.54, 1.807) is 0 Å². The SMILES string of the molecule is C#Cc1cccc2cc(C)[nH]c12. The molecule has 1 aromatic heterocycles. The Hall–Kier alpha value is -1.68. The summed E-state index contributed by atoms with van der Waals surface area (Å²) in [4.78, 5) is 3.24. The molecule has 1 N–H and O–H groups in total. The van der Waals surface area contributed by atoms with Gasteiger partial charge in [-0.25, -0.2) is 0 Å². The van der Waals surface area contributed by atoms with Gasteiger partial charge in [0.1, 0.15) is 0 Å². The number of H-pyrrole nitrogens is 1. The predicted molar refractivity (Wildman–Crippen MR) is 51.0 cm³/mol. The minimum atomic E-state index is 0.931. The second-order valence-electron chi connectivity index (χ2n) is 2.87. The van der Waals surface area contributed by atoms with Gasteiger partial charge in [0.2, 0.25) is 0 Å². The first-order chi connectivity index (χ1) is 5.81. The summed E-state index contributed by atoms with van der Waals surface area (Å²) in [6.07, 6.45) is 5.36. The van der Waals surface area contributed by atoms with Gasteiger partial charge in [-0.15, -0.1) is 6.42 Å². The van der Waals surface area contributed by atoms with Gasteiger partial charge in [-0.2, -0.15) is 0 Å². The number of rotatable bonds is 0. The zero-order valence-electron chi connectivity index (χ0n) is 6.89. The molecule has 0 amide bonds. The van der Waals surface area contributed by atoms with E-state index in [9.17, 15) is 0 Å². The van der Waals surface area contributed by atoms with Crippen molar-refractivity contribution in [2.24, 2.45) is 0 Å². The first kappa shape index (κ1) is 7.00. The Morgan fingerprint density at radius 3 is 3.00 bits per heavy atom. The summed E-state index contributed by atoms with van der Waals surface area (Å²) in [6.45, 7) is 2.03. The molecular formula is C11H9N. The Bertz CT molecular complexity index is 457. The molecule has 2 aromatic rings. The van der Waals surface area contributed by atoms with Crippen LogP contribution in [0, 0.1) is 19.3 Å². The third-order valence-electron chi connectivity index (χ3n) is 1.95. The Morgan fingerprint density at radius 1 is 1.42 bits per heavy atom. The van der Waals surface area contributed by atoms with E-state index in [4.69, 9.17) is 6.42 Å². The van der Waals surface area contributed by atoms with Gasteiger partial charge in [-0.05, 0) is 19.1 Å². The average molecular weight is 155 g/mol. The van der Waals surface area contributed by atoms with Crippen LogP contribution in [0.25, 0.3) is 10.9 Å². The normalized spacial score (nSPS) is 10.0. The second-order valence-corrected chi connectivity index (χ2v) is 2.87. The quantitative estimate of drug-likeness (QED) is 0.562. The van der Waals surface area contributed by atoms with Gasteiger partial charge in [-0.3, -0.25) is 0 Å². The van der Waals surface area contributed by atoms with Crippen molar-refractivity contribution >= 4 is 10.9 Å². The number of hydrogen-bond donors (Lipinski definition) is 1. The number of aromatic nitrogens is 1. The van der Waals surface area contributed by atoms with Crippen LogP contribution in [0.5, 0.6) is 0 Å². The van der Waals surface area contributed by atoms with E-state index in [1.165, 1.54) is 5.39 Å². The standard InChI is InChI=1S/C11H9N/c1-3-9-5-4-6-10-7-8(2)12-11(9)10/h1,4-7,12H,2H3. The van der Waals surface area contributed by atoms with Crippen LogP contribution in [-0.2, 0) is 0 Å². The average Bonchev–Trinajstić information content (AvgIpc) is 2.44. The lowest BCUT2D eigenvalue weighted by atomic mass is 10.1. The maximum atomic E-state index is 5.36. The van der Waals surface area contributed by atoms with E-state index in [1.807, 2.05) is 19.1 Å². The molecule has 0 aliphatic rings. The fraction of sp³-hybridized carbons (Fsp3) is 0.0909. The lowest BCUT2D eigenvalue weighted by Crippen LogP contribution is -1.76. The Labute approximate surface area is 71.4 Å². The maximum Gasteiger partial charge on any atom is 0.0614 e. The number of aromatic amines is 1. The van der Waals surface area contributed by atoms with Crippen molar-refractivity contribution in [1.82, 2.24) is 4.98 Å². The molecule has 0 fully saturated rings. The topological polar surface area (TPSA) is 15.8 Å². The molecule has 0 saturated carbocycles. The Morgan fingerprint density at radius 2 is 2.25 bits per heavy atom. The summed E-state index contributed by atoms with van der Waals surface area (Å²) in [7, 11) is 0. The lowest BCUT2D eigenvalue weighted by Gasteiger charge is -1.92. The molecule has 2 rings (SSSR count). The third-order valence-corrected chi connectivity index (χ3v) is 1.95. The summed E-state index contributed by atoms with van der Waals surface area (Å²) in [6, 6.07) is 8.07. The highest BCUT2D eigenvalue weighted by Crippen LogP contribution is 2.17. The van der Waals surface area contributed by atoms with Crippen LogP contribution >= 0.6 is 0 Å². The Balaban J connectivity index is 2.89. The molecule has 0 spiro atoms. The van der Waals surface area contributed by atoms with E-state index >= 15 is 0 Å². The predicted octanol–water partition coefficient (Wildman–Crippen LogP) is 2.46. The maximum absolute atomic E-state index is 5.36. The Kier molecular flexibility index (Phi) is 1.41. The molecule has 1 heteroatoms. The first-order valence-electron chi connectivity index (χ1n) is 3.86. The second kappa shape index (κ2) is 2.42. The minimum Gasteiger partial charge on any atom is -0.358 e. The molecule has 1 heterocycles. The molecule has 0 unspecified atom stereocenters. The van der Waals surface area contributed by atoms with Gasteiger partial charge in [0.05, 0.1) is 5.52 Å². The molecule has 0 saturated heterocycles. The fourth-order valence-corrected chi connectivity index (χ4v) is 1.42. The number of fused-ring (bicyclic) bond motifs is 1. The molecule has 0 aliphatic heterocycles. The van der Waals surface area contributed by atoms with Crippen LogP contribution in [-0.4, -0.2) is 4.98 Å². The highest BCUT2D eigenvalue weighted by atomic mass is 14.7. The van der Waals surface area contributed by atoms with Crippen LogP contribution < -0.4 is 0 Å². The van der Waals surface area contributed by atoms with Crippen LogP contribution in [0.15, 0.2) is 24.3 Å². The van der Waals surface area contributed by atoms with E-state index in [-0.39, 0.29) is 0 Å². The van der Waals surface area contributed by atoms with Gasteiger partial charge >= 0.3 is 0 Å². The van der Waals surface area contributed by atoms with Gasteiger partial charge in [-0.1, -0.05) is 18.1 Å². The fourth-order valence-electron chi connectivity index (χ4n) is 1.42. The molecule has 58 valence electrons. The van der Waals surface area contributed by atoms with Crippen LogP contribution in [0.3, 0.4) is 0 Å². The minimum absolute atomic E-state index is 0.931. The van der Waals surface area contributed by atoms with Crippen molar-refractivity contribution in [2.45, 2.75) is 6.92 Å². The number of aryl methyl sites for hydroxylation is 1. The van der Waals surface area contributed by atoms with Gasteiger partial charge in [0.15, 0.2) is 0 Å². The van der Waals surface area contributed by atoms with Crippen molar-refractivity contribution in [3.63, 3.8) is 0 Å². The van der Waals surface area contributed by atoms with Gasteiger partial charge < -0.3 is 4.98 Å². The lowest BCUT2D eigenvalue weighted by molar-refractivity contribution is 1.30. The van der Waals surface area contributed by atoms with Crippen LogP contribution in [0.2, 0.25) is 0 Å².